The van der Waals surface area contributed by atoms with Crippen molar-refractivity contribution < 1.29 is 33.3 Å². The molecule has 0 aliphatic rings. The number of nitroso groups, excluding NO2 is 1. The van der Waals surface area contributed by atoms with Crippen LogP contribution in [-0.4, -0.2) is 63.4 Å². The minimum Gasteiger partial charge on any atom is -0.495 e. The van der Waals surface area contributed by atoms with Crippen LogP contribution in [-0.2, 0) is 23.1 Å². The van der Waals surface area contributed by atoms with Crippen molar-refractivity contribution in [1.82, 2.24) is 19.7 Å². The number of hydrogen-bond donors (Lipinski definition) is 0. The van der Waals surface area contributed by atoms with Crippen LogP contribution in [0.5, 0.6) is 11.5 Å². The predicted octanol–water partition coefficient (Wildman–Crippen LogP) is 8.57. The molecule has 2 aromatic heterocycles. The molecule has 0 atom stereocenters. The maximum absolute atomic E-state index is 15.0. The SMILES string of the molecule is COc1cc(OC)c(Cl)c(N(C(=O)OC(C)(C)C)C(=O)N(Cc2ccccc2)c2cc(N(C(=O)OC(C)(C)C)c3nn(C)cc3N=O)ncn2)c1Cl. The van der Waals surface area contributed by atoms with E-state index in [-0.39, 0.29) is 56.9 Å². The molecular formula is C34H38Cl2N8O8. The third kappa shape index (κ3) is 9.05. The number of anilines is 4. The minimum atomic E-state index is -1.14. The molecule has 0 N–H and O–H groups in total. The maximum Gasteiger partial charge on any atom is 0.423 e. The third-order valence-electron chi connectivity index (χ3n) is 6.78. The molecule has 4 aromatic rings. The molecule has 0 fully saturated rings. The Hall–Kier alpha value is -5.48. The van der Waals surface area contributed by atoms with Crippen molar-refractivity contribution in [3.8, 4) is 11.5 Å². The Bertz CT molecular complexity index is 1930. The van der Waals surface area contributed by atoms with Crippen molar-refractivity contribution in [2.24, 2.45) is 12.2 Å². The highest BCUT2D eigenvalue weighted by atomic mass is 35.5. The lowest BCUT2D eigenvalue weighted by Gasteiger charge is -2.32. The van der Waals surface area contributed by atoms with Crippen molar-refractivity contribution in [3.63, 3.8) is 0 Å². The monoisotopic (exact) mass is 756 g/mol. The van der Waals surface area contributed by atoms with Gasteiger partial charge in [0.25, 0.3) is 0 Å². The second kappa shape index (κ2) is 15.8. The van der Waals surface area contributed by atoms with Gasteiger partial charge in [0.2, 0.25) is 0 Å². The Labute approximate surface area is 310 Å². The number of nitrogens with zero attached hydrogens (tertiary/aromatic N) is 8. The van der Waals surface area contributed by atoms with Gasteiger partial charge in [-0.05, 0) is 52.3 Å². The molecule has 0 saturated heterocycles. The Morgan fingerprint density at radius 1 is 0.846 bits per heavy atom. The van der Waals surface area contributed by atoms with Crippen LogP contribution in [0.2, 0.25) is 10.0 Å². The molecule has 0 unspecified atom stereocenters. The fourth-order valence-corrected chi connectivity index (χ4v) is 5.34. The fourth-order valence-electron chi connectivity index (χ4n) is 4.67. The number of aromatic nitrogens is 4. The summed E-state index contributed by atoms with van der Waals surface area (Å²) in [6.07, 6.45) is 0.284. The number of carbonyl (C=O) groups excluding carboxylic acids is 3. The van der Waals surface area contributed by atoms with E-state index in [0.717, 1.165) is 16.1 Å². The molecule has 4 amide bonds. The number of aryl methyl sites for hydroxylation is 1. The number of rotatable bonds is 9. The quantitative estimate of drug-likeness (QED) is 0.150. The lowest BCUT2D eigenvalue weighted by Crippen LogP contribution is -2.49. The van der Waals surface area contributed by atoms with Gasteiger partial charge in [0.15, 0.2) is 11.5 Å². The molecule has 0 saturated carbocycles. The van der Waals surface area contributed by atoms with Crippen molar-refractivity contribution >= 4 is 70.2 Å². The molecule has 0 radical (unpaired) electrons. The van der Waals surface area contributed by atoms with Crippen molar-refractivity contribution in [3.05, 3.63) is 75.5 Å². The van der Waals surface area contributed by atoms with Crippen LogP contribution in [0.1, 0.15) is 47.1 Å². The first-order chi connectivity index (χ1) is 24.4. The first kappa shape index (κ1) is 39.3. The zero-order valence-corrected chi connectivity index (χ0v) is 31.5. The summed E-state index contributed by atoms with van der Waals surface area (Å²) < 4.78 is 23.4. The predicted molar refractivity (Wildman–Crippen MR) is 195 cm³/mol. The van der Waals surface area contributed by atoms with Gasteiger partial charge in [-0.1, -0.05) is 53.5 Å². The van der Waals surface area contributed by atoms with E-state index in [1.54, 1.807) is 71.9 Å². The van der Waals surface area contributed by atoms with E-state index in [4.69, 9.17) is 42.1 Å². The second-order valence-electron chi connectivity index (χ2n) is 13.1. The van der Waals surface area contributed by atoms with Gasteiger partial charge in [0.1, 0.15) is 56.4 Å². The van der Waals surface area contributed by atoms with Crippen LogP contribution in [0.15, 0.2) is 60.2 Å². The molecule has 2 aromatic carbocycles. The highest BCUT2D eigenvalue weighted by molar-refractivity contribution is 6.43. The number of ether oxygens (including phenoxy) is 4. The number of imide groups is 1. The number of benzene rings is 2. The summed E-state index contributed by atoms with van der Waals surface area (Å²) in [4.78, 5) is 65.8. The van der Waals surface area contributed by atoms with Gasteiger partial charge in [-0.3, -0.25) is 9.58 Å². The topological polar surface area (TPSA) is 171 Å². The van der Waals surface area contributed by atoms with Gasteiger partial charge in [0, 0.05) is 19.2 Å². The summed E-state index contributed by atoms with van der Waals surface area (Å²) in [6, 6.07) is 10.4. The van der Waals surface area contributed by atoms with E-state index in [9.17, 15) is 19.3 Å². The number of carbonyl (C=O) groups is 3. The van der Waals surface area contributed by atoms with E-state index < -0.39 is 29.4 Å². The van der Waals surface area contributed by atoms with Crippen LogP contribution in [0, 0.1) is 4.91 Å². The van der Waals surface area contributed by atoms with Crippen LogP contribution in [0.4, 0.5) is 43.2 Å². The maximum atomic E-state index is 15.0. The summed E-state index contributed by atoms with van der Waals surface area (Å²) in [6.45, 7) is 9.64. The highest BCUT2D eigenvalue weighted by Gasteiger charge is 2.39. The number of amides is 4. The zero-order valence-electron chi connectivity index (χ0n) is 30.0. The summed E-state index contributed by atoms with van der Waals surface area (Å²) >= 11 is 13.5. The molecular weight excluding hydrogens is 719 g/mol. The highest BCUT2D eigenvalue weighted by Crippen LogP contribution is 2.47. The van der Waals surface area contributed by atoms with Gasteiger partial charge in [-0.25, -0.2) is 29.3 Å². The molecule has 16 nitrogen and oxygen atoms in total. The lowest BCUT2D eigenvalue weighted by molar-refractivity contribution is 0.0584. The standard InChI is InChI=1S/C34H38Cl2N8O8/c1-33(2,3)51-31(46)43(29-21(40-48)18-41(7)39-29)25-16-24(37-19-38-25)42(17-20-13-11-10-12-14-20)30(45)44(32(47)52-34(4,5)6)28-26(35)22(49-8)15-23(50-9)27(28)36/h10-16,18-19H,17H2,1-9H3. The van der Waals surface area contributed by atoms with Gasteiger partial charge >= 0.3 is 18.2 Å². The van der Waals surface area contributed by atoms with E-state index in [2.05, 4.69) is 20.2 Å². The second-order valence-corrected chi connectivity index (χ2v) is 13.8. The van der Waals surface area contributed by atoms with Crippen LogP contribution in [0.25, 0.3) is 0 Å². The fraction of sp³-hybridized carbons (Fsp3) is 0.353. The van der Waals surface area contributed by atoms with E-state index in [1.807, 2.05) is 0 Å². The van der Waals surface area contributed by atoms with Gasteiger partial charge < -0.3 is 18.9 Å². The number of urea groups is 1. The molecule has 0 aliphatic heterocycles. The number of halogens is 2. The Morgan fingerprint density at radius 3 is 1.94 bits per heavy atom. The lowest BCUT2D eigenvalue weighted by atomic mass is 10.2. The summed E-state index contributed by atoms with van der Waals surface area (Å²) in [5.74, 6) is -0.381. The van der Waals surface area contributed by atoms with Gasteiger partial charge in [-0.2, -0.15) is 10.00 Å². The van der Waals surface area contributed by atoms with Crippen LogP contribution >= 0.6 is 23.2 Å². The van der Waals surface area contributed by atoms with Gasteiger partial charge in [0.05, 0.1) is 27.0 Å². The molecule has 0 bridgehead atoms. The molecule has 52 heavy (non-hydrogen) atoms. The first-order valence-electron chi connectivity index (χ1n) is 15.6. The van der Waals surface area contributed by atoms with Gasteiger partial charge in [-0.15, -0.1) is 4.91 Å². The average molecular weight is 758 g/mol. The Balaban J connectivity index is 1.99. The van der Waals surface area contributed by atoms with E-state index in [1.165, 1.54) is 44.3 Å². The number of methoxy groups -OCH3 is 2. The minimum absolute atomic E-state index is 0.0427. The summed E-state index contributed by atoms with van der Waals surface area (Å²) in [7, 11) is 4.21. The smallest absolute Gasteiger partial charge is 0.423 e. The zero-order chi connectivity index (χ0) is 38.5. The summed E-state index contributed by atoms with van der Waals surface area (Å²) in [5.41, 5.74) is -1.93. The first-order valence-corrected chi connectivity index (χ1v) is 16.3. The molecule has 0 spiro atoms. The Kier molecular flexibility index (Phi) is 12.0. The van der Waals surface area contributed by atoms with Crippen LogP contribution < -0.4 is 24.2 Å². The average Bonchev–Trinajstić information content (AvgIpc) is 3.44. The van der Waals surface area contributed by atoms with E-state index in [0.29, 0.717) is 10.5 Å². The Morgan fingerprint density at radius 2 is 1.40 bits per heavy atom. The molecule has 4 rings (SSSR count). The molecule has 18 heteroatoms. The normalized spacial score (nSPS) is 11.4. The van der Waals surface area contributed by atoms with Crippen molar-refractivity contribution in [1.29, 1.82) is 0 Å². The summed E-state index contributed by atoms with van der Waals surface area (Å²) in [5, 5.41) is 6.87. The van der Waals surface area contributed by atoms with Crippen LogP contribution in [0.3, 0.4) is 0 Å². The molecule has 276 valence electrons. The molecule has 2 heterocycles. The molecule has 0 aliphatic carbocycles. The largest absolute Gasteiger partial charge is 0.495 e. The van der Waals surface area contributed by atoms with Crippen molar-refractivity contribution in [2.45, 2.75) is 59.3 Å². The number of hydrogen-bond acceptors (Lipinski definition) is 12. The van der Waals surface area contributed by atoms with E-state index >= 15 is 0 Å². The third-order valence-corrected chi connectivity index (χ3v) is 7.51. The van der Waals surface area contributed by atoms with Crippen molar-refractivity contribution in [2.75, 3.05) is 28.9 Å².